The van der Waals surface area contributed by atoms with Crippen molar-refractivity contribution >= 4 is 68.7 Å². The molecule has 0 spiro atoms. The minimum atomic E-state index is 0.0773. The first-order chi connectivity index (χ1) is 29.5. The second-order valence-electron chi connectivity index (χ2n) is 15.3. The van der Waals surface area contributed by atoms with Crippen LogP contribution >= 0.6 is 0 Å². The third kappa shape index (κ3) is 7.85. The first kappa shape index (κ1) is 39.0. The van der Waals surface area contributed by atoms with Crippen LogP contribution in [-0.4, -0.2) is 139 Å². The molecular weight excluding hydrogens is 753 g/mol. The maximum atomic E-state index is 9.65. The lowest BCUT2D eigenvalue weighted by molar-refractivity contribution is 0.245. The smallest absolute Gasteiger partial charge is 0.0737 e. The van der Waals surface area contributed by atoms with E-state index < -0.39 is 0 Å². The molecule has 0 saturated carbocycles. The van der Waals surface area contributed by atoms with Gasteiger partial charge in [-0.3, -0.25) is 0 Å². The third-order valence-corrected chi connectivity index (χ3v) is 11.5. The summed E-state index contributed by atoms with van der Waals surface area (Å²) in [5.74, 6) is 0. The van der Waals surface area contributed by atoms with Gasteiger partial charge in [0.05, 0.1) is 49.2 Å². The number of aromatic amines is 2. The molecule has 6 N–H and O–H groups in total. The summed E-state index contributed by atoms with van der Waals surface area (Å²) in [7, 11) is 0. The molecule has 12 heteroatoms. The molecule has 6 aliphatic rings. The molecule has 0 amide bonds. The second-order valence-corrected chi connectivity index (χ2v) is 15.3. The average Bonchev–Trinajstić information content (AvgIpc) is 4.12. The molecule has 3 aromatic rings. The molecule has 3 aromatic heterocycles. The van der Waals surface area contributed by atoms with Crippen molar-refractivity contribution in [3.05, 3.63) is 143 Å². The Kier molecular flexibility index (Phi) is 11.3. The number of hydrogen-bond donors (Lipinski definition) is 6. The van der Waals surface area contributed by atoms with Crippen LogP contribution in [0.1, 0.15) is 45.0 Å². The van der Waals surface area contributed by atoms with Crippen molar-refractivity contribution in [2.24, 2.45) is 0 Å². The molecular formula is C48H50N8O4. The number of nitrogens with one attached hydrogen (secondary N) is 2. The van der Waals surface area contributed by atoms with Gasteiger partial charge >= 0.3 is 0 Å². The summed E-state index contributed by atoms with van der Waals surface area (Å²) < 4.78 is 0. The van der Waals surface area contributed by atoms with E-state index in [-0.39, 0.29) is 26.4 Å². The van der Waals surface area contributed by atoms with E-state index in [1.807, 2.05) is 24.8 Å². The molecule has 8 bridgehead atoms. The highest BCUT2D eigenvalue weighted by Crippen LogP contribution is 2.37. The maximum absolute atomic E-state index is 9.65. The molecule has 0 radical (unpaired) electrons. The minimum Gasteiger partial charge on any atom is -0.395 e. The average molecular weight is 803 g/mol. The molecule has 0 saturated heterocycles. The number of allylic oxidation sites excluding steroid dienone is 8. The van der Waals surface area contributed by atoms with Crippen LogP contribution in [0.25, 0.3) is 68.7 Å². The van der Waals surface area contributed by atoms with Crippen LogP contribution in [0, 0.1) is 0 Å². The fourth-order valence-corrected chi connectivity index (χ4v) is 8.46. The second kappa shape index (κ2) is 17.4. The zero-order valence-electron chi connectivity index (χ0n) is 33.5. The van der Waals surface area contributed by atoms with Gasteiger partial charge in [-0.2, -0.15) is 0 Å². The van der Waals surface area contributed by atoms with Crippen molar-refractivity contribution in [3.63, 3.8) is 0 Å². The summed E-state index contributed by atoms with van der Waals surface area (Å²) in [5.41, 5.74) is 14.9. The van der Waals surface area contributed by atoms with Crippen LogP contribution in [0.5, 0.6) is 0 Å². The third-order valence-electron chi connectivity index (χ3n) is 11.5. The molecule has 9 rings (SSSR count). The molecule has 12 nitrogen and oxygen atoms in total. The molecule has 6 aliphatic heterocycles. The van der Waals surface area contributed by atoms with Crippen LogP contribution in [0.4, 0.5) is 0 Å². The lowest BCUT2D eigenvalue weighted by Crippen LogP contribution is -2.23. The van der Waals surface area contributed by atoms with Crippen LogP contribution in [0.3, 0.4) is 0 Å². The fraction of sp³-hybridized carbons (Fsp3) is 0.250. The van der Waals surface area contributed by atoms with Gasteiger partial charge in [-0.15, -0.1) is 0 Å². The van der Waals surface area contributed by atoms with E-state index >= 15 is 0 Å². The van der Waals surface area contributed by atoms with E-state index in [1.165, 1.54) is 0 Å². The quantitative estimate of drug-likeness (QED) is 0.0959. The first-order valence-electron chi connectivity index (χ1n) is 20.6. The summed E-state index contributed by atoms with van der Waals surface area (Å²) >= 11 is 0. The maximum Gasteiger partial charge on any atom is 0.0737 e. The predicted octanol–water partition coefficient (Wildman–Crippen LogP) is 5.48. The number of aromatic nitrogens is 4. The molecule has 306 valence electrons. The topological polar surface area (TPSA) is 151 Å². The molecule has 0 aliphatic carbocycles. The van der Waals surface area contributed by atoms with Crippen LogP contribution < -0.4 is 0 Å². The Morgan fingerprint density at radius 3 is 0.833 bits per heavy atom. The van der Waals surface area contributed by atoms with Gasteiger partial charge in [0.25, 0.3) is 0 Å². The van der Waals surface area contributed by atoms with Gasteiger partial charge in [-0.25, -0.2) is 9.97 Å². The van der Waals surface area contributed by atoms with Crippen LogP contribution in [-0.2, 0) is 0 Å². The van der Waals surface area contributed by atoms with E-state index in [2.05, 4.69) is 127 Å². The Morgan fingerprint density at radius 1 is 0.383 bits per heavy atom. The highest BCUT2D eigenvalue weighted by atomic mass is 16.3. The summed E-state index contributed by atoms with van der Waals surface area (Å²) in [4.78, 5) is 26.8. The van der Waals surface area contributed by atoms with Crippen molar-refractivity contribution in [2.45, 2.75) is 0 Å². The van der Waals surface area contributed by atoms with Gasteiger partial charge in [-0.05, 0) is 95.2 Å². The zero-order chi connectivity index (χ0) is 41.0. The van der Waals surface area contributed by atoms with Gasteiger partial charge in [0, 0.05) is 121 Å². The number of β-amino-alcohol motifs (C(OH)–C–C–N with tert-alkyl or cyclic N) is 4. The zero-order valence-corrected chi connectivity index (χ0v) is 33.5. The van der Waals surface area contributed by atoms with E-state index in [0.717, 1.165) is 89.4 Å². The molecule has 0 atom stereocenters. The number of H-pyrrole nitrogens is 2. The lowest BCUT2D eigenvalue weighted by Gasteiger charge is -2.22. The van der Waals surface area contributed by atoms with E-state index in [1.54, 1.807) is 0 Å². The van der Waals surface area contributed by atoms with Crippen LogP contribution in [0.15, 0.2) is 97.7 Å². The van der Waals surface area contributed by atoms with E-state index in [9.17, 15) is 20.4 Å². The molecule has 0 fully saturated rings. The van der Waals surface area contributed by atoms with Crippen LogP contribution in [0.2, 0.25) is 0 Å². The number of rotatable bonds is 12. The number of nitrogens with zero attached hydrogens (tertiary/aromatic N) is 6. The van der Waals surface area contributed by atoms with Gasteiger partial charge in [0.15, 0.2) is 0 Å². The molecule has 0 aromatic carbocycles. The van der Waals surface area contributed by atoms with Gasteiger partial charge < -0.3 is 50.0 Å². The number of aliphatic hydroxyl groups is 4. The highest BCUT2D eigenvalue weighted by molar-refractivity contribution is 5.99. The van der Waals surface area contributed by atoms with Crippen molar-refractivity contribution in [1.82, 2.24) is 39.5 Å². The Hall–Kier alpha value is -6.44. The van der Waals surface area contributed by atoms with E-state index in [4.69, 9.17) is 9.97 Å². The van der Waals surface area contributed by atoms with Crippen molar-refractivity contribution in [1.29, 1.82) is 0 Å². The number of aliphatic hydroxyl groups excluding tert-OH is 4. The SMILES string of the molecule is OCCN1C=CC(c2c3nc(c(C4=CCN(CCO)C=C4)c4ccc([nH]4)c(C4=CCN(CCO)C=C4)c4nc(c(C5=CCN(CCO)C=C5)c5ccc2[nH]5)C=C4)C=C3)=CC1. The van der Waals surface area contributed by atoms with Gasteiger partial charge in [0.2, 0.25) is 0 Å². The number of hydrogen-bond acceptors (Lipinski definition) is 10. The Bertz CT molecular complexity index is 2300. The Labute approximate surface area is 349 Å². The van der Waals surface area contributed by atoms with E-state index in [0.29, 0.717) is 52.4 Å². The van der Waals surface area contributed by atoms with Crippen molar-refractivity contribution in [3.8, 4) is 0 Å². The van der Waals surface area contributed by atoms with Gasteiger partial charge in [0.1, 0.15) is 0 Å². The number of fused-ring (bicyclic) bond motifs is 8. The normalized spacial score (nSPS) is 17.1. The monoisotopic (exact) mass is 802 g/mol. The minimum absolute atomic E-state index is 0.0773. The fourth-order valence-electron chi connectivity index (χ4n) is 8.46. The van der Waals surface area contributed by atoms with Gasteiger partial charge in [-0.1, -0.05) is 24.3 Å². The Morgan fingerprint density at radius 2 is 0.633 bits per heavy atom. The summed E-state index contributed by atoms with van der Waals surface area (Å²) in [6.07, 6.45) is 33.7. The van der Waals surface area contributed by atoms with Crippen molar-refractivity contribution < 1.29 is 20.4 Å². The molecule has 60 heavy (non-hydrogen) atoms. The summed E-state index contributed by atoms with van der Waals surface area (Å²) in [5, 5.41) is 38.6. The molecule has 0 unspecified atom stereocenters. The van der Waals surface area contributed by atoms with Crippen molar-refractivity contribution in [2.75, 3.05) is 78.8 Å². The first-order valence-corrected chi connectivity index (χ1v) is 20.6. The summed E-state index contributed by atoms with van der Waals surface area (Å²) in [6, 6.07) is 8.49. The predicted molar refractivity (Wildman–Crippen MR) is 242 cm³/mol. The standard InChI is InChI=1S/C48H50N8O4/c57-29-25-53-17-9-33(10-18-53)45-37-1-2-38(49-37)46(34-11-19-54(20-12-34)26-30-58)40-5-6-42(51-40)48(36-15-23-56(24-16-36)28-32-60)44-8-7-43(52-44)47(41-4-3-39(45)50-41)35-13-21-55(22-14-35)27-31-59/h1-17,19,21,23,49,52,57-60H,18,20,22,24-32H2. The highest BCUT2D eigenvalue weighted by Gasteiger charge is 2.22. The lowest BCUT2D eigenvalue weighted by atomic mass is 10.0. The summed E-state index contributed by atoms with van der Waals surface area (Å²) in [6.45, 7) is 5.15. The molecule has 9 heterocycles. The largest absolute Gasteiger partial charge is 0.395 e. The Balaban J connectivity index is 1.34.